The number of aliphatic hydroxyl groups excluding tert-OH is 1. The van der Waals surface area contributed by atoms with Crippen LogP contribution in [0, 0.1) is 0 Å². The van der Waals surface area contributed by atoms with Gasteiger partial charge in [-0.3, -0.25) is 0 Å². The van der Waals surface area contributed by atoms with Crippen LogP contribution in [0.1, 0.15) is 24.5 Å². The van der Waals surface area contributed by atoms with Crippen LogP contribution in [0.15, 0.2) is 60.7 Å². The van der Waals surface area contributed by atoms with Gasteiger partial charge >= 0.3 is 0 Å². The third kappa shape index (κ3) is 3.92. The van der Waals surface area contributed by atoms with Gasteiger partial charge in [0.05, 0.1) is 12.1 Å². The molecule has 2 aromatic carbocycles. The van der Waals surface area contributed by atoms with E-state index in [-0.39, 0.29) is 12.1 Å². The Bertz CT molecular complexity index is 497. The van der Waals surface area contributed by atoms with E-state index in [1.165, 1.54) is 5.56 Å². The zero-order valence-electron chi connectivity index (χ0n) is 12.0. The summed E-state index contributed by atoms with van der Waals surface area (Å²) >= 11 is 0. The Kier molecular flexibility index (Phi) is 5.33. The summed E-state index contributed by atoms with van der Waals surface area (Å²) in [5, 5.41) is 13.2. The highest BCUT2D eigenvalue weighted by atomic mass is 16.3. The molecule has 0 amide bonds. The fourth-order valence-electron chi connectivity index (χ4n) is 2.36. The minimum absolute atomic E-state index is 0.0996. The first kappa shape index (κ1) is 14.8. The largest absolute Gasteiger partial charge is 0.394 e. The van der Waals surface area contributed by atoms with Gasteiger partial charge in [0.25, 0.3) is 0 Å². The number of nitrogens with one attached hydrogen (secondary N) is 1. The van der Waals surface area contributed by atoms with E-state index in [2.05, 4.69) is 41.7 Å². The molecule has 0 heterocycles. The molecule has 1 unspecified atom stereocenters. The molecular formula is C18H23NO. The molecule has 0 spiro atoms. The van der Waals surface area contributed by atoms with Gasteiger partial charge in [0.1, 0.15) is 0 Å². The average Bonchev–Trinajstić information content (AvgIpc) is 2.53. The van der Waals surface area contributed by atoms with Crippen molar-refractivity contribution in [3.8, 4) is 0 Å². The molecule has 0 fully saturated rings. The van der Waals surface area contributed by atoms with Crippen LogP contribution in [-0.4, -0.2) is 18.3 Å². The third-order valence-electron chi connectivity index (χ3n) is 3.73. The maximum Gasteiger partial charge on any atom is 0.0652 e. The molecule has 20 heavy (non-hydrogen) atoms. The summed E-state index contributed by atoms with van der Waals surface area (Å²) in [6, 6.07) is 20.6. The lowest BCUT2D eigenvalue weighted by Crippen LogP contribution is -2.43. The molecule has 2 rings (SSSR count). The molecule has 2 aromatic rings. The molecule has 0 radical (unpaired) electrons. The number of rotatable bonds is 7. The summed E-state index contributed by atoms with van der Waals surface area (Å²) in [5.41, 5.74) is 2.12. The number of benzene rings is 2. The Morgan fingerprint density at radius 3 is 2.15 bits per heavy atom. The van der Waals surface area contributed by atoms with Crippen molar-refractivity contribution in [3.63, 3.8) is 0 Å². The van der Waals surface area contributed by atoms with E-state index in [9.17, 15) is 5.11 Å². The van der Waals surface area contributed by atoms with Gasteiger partial charge in [-0.1, -0.05) is 60.7 Å². The minimum atomic E-state index is -0.363. The van der Waals surface area contributed by atoms with Crippen LogP contribution >= 0.6 is 0 Å². The molecule has 2 N–H and O–H groups in total. The molecular weight excluding hydrogens is 246 g/mol. The van der Waals surface area contributed by atoms with Crippen molar-refractivity contribution in [2.45, 2.75) is 25.3 Å². The second kappa shape index (κ2) is 7.22. The highest BCUT2D eigenvalue weighted by molar-refractivity contribution is 5.23. The third-order valence-corrected chi connectivity index (χ3v) is 3.73. The van der Waals surface area contributed by atoms with Gasteiger partial charge in [-0.05, 0) is 37.4 Å². The molecule has 0 saturated heterocycles. The fraction of sp³-hybridized carbons (Fsp3) is 0.333. The van der Waals surface area contributed by atoms with Gasteiger partial charge in [-0.25, -0.2) is 0 Å². The van der Waals surface area contributed by atoms with Crippen molar-refractivity contribution in [2.75, 3.05) is 13.2 Å². The van der Waals surface area contributed by atoms with E-state index in [0.717, 1.165) is 24.9 Å². The molecule has 0 aliphatic carbocycles. The lowest BCUT2D eigenvalue weighted by Gasteiger charge is -2.29. The highest BCUT2D eigenvalue weighted by Crippen LogP contribution is 2.19. The number of aryl methyl sites for hydroxylation is 1. The van der Waals surface area contributed by atoms with E-state index < -0.39 is 0 Å². The normalized spacial score (nSPS) is 13.9. The molecule has 0 saturated carbocycles. The molecule has 106 valence electrons. The van der Waals surface area contributed by atoms with Crippen molar-refractivity contribution in [3.05, 3.63) is 71.8 Å². The minimum Gasteiger partial charge on any atom is -0.394 e. The van der Waals surface area contributed by atoms with E-state index in [1.807, 2.05) is 31.2 Å². The molecule has 2 nitrogen and oxygen atoms in total. The first-order valence-electron chi connectivity index (χ1n) is 7.20. The Morgan fingerprint density at radius 2 is 1.55 bits per heavy atom. The lowest BCUT2D eigenvalue weighted by atomic mass is 9.92. The number of hydrogen-bond donors (Lipinski definition) is 2. The van der Waals surface area contributed by atoms with E-state index in [0.29, 0.717) is 0 Å². The maximum absolute atomic E-state index is 9.69. The predicted octanol–water partition coefficient (Wildman–Crippen LogP) is 3.12. The van der Waals surface area contributed by atoms with Crippen molar-refractivity contribution >= 4 is 0 Å². The summed E-state index contributed by atoms with van der Waals surface area (Å²) in [7, 11) is 0. The smallest absolute Gasteiger partial charge is 0.0652 e. The Balaban J connectivity index is 1.85. The summed E-state index contributed by atoms with van der Waals surface area (Å²) < 4.78 is 0. The predicted molar refractivity (Wildman–Crippen MR) is 83.6 cm³/mol. The lowest BCUT2D eigenvalue weighted by molar-refractivity contribution is 0.175. The molecule has 0 aliphatic heterocycles. The van der Waals surface area contributed by atoms with Crippen LogP contribution in [0.4, 0.5) is 0 Å². The standard InChI is InChI=1S/C18H23NO/c1-18(15-20,17-12-6-3-7-13-17)19-14-8-11-16-9-4-2-5-10-16/h2-7,9-10,12-13,19-20H,8,11,14-15H2,1H3. The quantitative estimate of drug-likeness (QED) is 0.757. The summed E-state index contributed by atoms with van der Waals surface area (Å²) in [5.74, 6) is 0. The molecule has 2 heteroatoms. The number of hydrogen-bond acceptors (Lipinski definition) is 2. The summed E-state index contributed by atoms with van der Waals surface area (Å²) in [4.78, 5) is 0. The Morgan fingerprint density at radius 1 is 0.950 bits per heavy atom. The van der Waals surface area contributed by atoms with Crippen molar-refractivity contribution < 1.29 is 5.11 Å². The summed E-state index contributed by atoms with van der Waals surface area (Å²) in [6.07, 6.45) is 2.12. The van der Waals surface area contributed by atoms with Crippen LogP contribution in [-0.2, 0) is 12.0 Å². The zero-order valence-corrected chi connectivity index (χ0v) is 12.0. The second-order valence-electron chi connectivity index (χ2n) is 5.37. The molecule has 0 bridgehead atoms. The van der Waals surface area contributed by atoms with E-state index in [4.69, 9.17) is 0 Å². The van der Waals surface area contributed by atoms with Crippen LogP contribution in [0.2, 0.25) is 0 Å². The Labute approximate surface area is 121 Å². The van der Waals surface area contributed by atoms with Gasteiger partial charge in [0.2, 0.25) is 0 Å². The highest BCUT2D eigenvalue weighted by Gasteiger charge is 2.24. The first-order valence-corrected chi connectivity index (χ1v) is 7.20. The van der Waals surface area contributed by atoms with E-state index >= 15 is 0 Å². The summed E-state index contributed by atoms with van der Waals surface area (Å²) in [6.45, 7) is 3.04. The van der Waals surface area contributed by atoms with Gasteiger partial charge in [-0.2, -0.15) is 0 Å². The van der Waals surface area contributed by atoms with Crippen LogP contribution in [0.3, 0.4) is 0 Å². The Hall–Kier alpha value is -1.64. The van der Waals surface area contributed by atoms with Crippen LogP contribution < -0.4 is 5.32 Å². The van der Waals surface area contributed by atoms with Crippen LogP contribution in [0.25, 0.3) is 0 Å². The van der Waals surface area contributed by atoms with Crippen molar-refractivity contribution in [1.82, 2.24) is 5.32 Å². The van der Waals surface area contributed by atoms with Crippen molar-refractivity contribution in [2.24, 2.45) is 0 Å². The first-order chi connectivity index (χ1) is 9.74. The number of aliphatic hydroxyl groups is 1. The van der Waals surface area contributed by atoms with Crippen molar-refractivity contribution in [1.29, 1.82) is 0 Å². The van der Waals surface area contributed by atoms with Gasteiger partial charge in [0, 0.05) is 0 Å². The monoisotopic (exact) mass is 269 g/mol. The molecule has 0 aromatic heterocycles. The SMILES string of the molecule is CC(CO)(NCCCc1ccccc1)c1ccccc1. The zero-order chi connectivity index (χ0) is 14.3. The van der Waals surface area contributed by atoms with E-state index in [1.54, 1.807) is 0 Å². The maximum atomic E-state index is 9.69. The van der Waals surface area contributed by atoms with Gasteiger partial charge in [-0.15, -0.1) is 0 Å². The van der Waals surface area contributed by atoms with Gasteiger partial charge < -0.3 is 10.4 Å². The van der Waals surface area contributed by atoms with Crippen LogP contribution in [0.5, 0.6) is 0 Å². The molecule has 0 aliphatic rings. The fourth-order valence-corrected chi connectivity index (χ4v) is 2.36. The molecule has 1 atom stereocenters. The second-order valence-corrected chi connectivity index (χ2v) is 5.37. The average molecular weight is 269 g/mol. The van der Waals surface area contributed by atoms with Gasteiger partial charge in [0.15, 0.2) is 0 Å². The topological polar surface area (TPSA) is 32.3 Å².